The van der Waals surface area contributed by atoms with E-state index in [9.17, 15) is 8.42 Å². The lowest BCUT2D eigenvalue weighted by molar-refractivity contribution is 0.520. The largest absolute Gasteiger partial charge is 0.357 e. The summed E-state index contributed by atoms with van der Waals surface area (Å²) in [6.45, 7) is 5.70. The topological polar surface area (TPSA) is 69.3 Å². The number of para-hydroxylation sites is 1. The second-order valence-electron chi connectivity index (χ2n) is 6.27. The molecule has 0 saturated carbocycles. The van der Waals surface area contributed by atoms with Crippen LogP contribution in [0.2, 0.25) is 0 Å². The first-order valence-corrected chi connectivity index (χ1v) is 10.1. The van der Waals surface area contributed by atoms with Crippen molar-refractivity contribution in [1.29, 1.82) is 0 Å². The Balaban J connectivity index is 2.24. The Morgan fingerprint density at radius 2 is 1.77 bits per heavy atom. The Morgan fingerprint density at radius 1 is 1.08 bits per heavy atom. The van der Waals surface area contributed by atoms with Crippen molar-refractivity contribution in [2.45, 2.75) is 18.7 Å². The number of hydrogen-bond donors (Lipinski definition) is 1. The molecule has 0 aliphatic heterocycles. The predicted octanol–water partition coefficient (Wildman–Crippen LogP) is 3.33. The average molecular weight is 372 g/mol. The van der Waals surface area contributed by atoms with Gasteiger partial charge in [0.15, 0.2) is 0 Å². The molecule has 1 N–H and O–H groups in total. The maximum atomic E-state index is 12.6. The van der Waals surface area contributed by atoms with Crippen molar-refractivity contribution >= 4 is 26.7 Å². The highest BCUT2D eigenvalue weighted by Crippen LogP contribution is 2.33. The smallest absolute Gasteiger partial charge is 0.244 e. The molecule has 0 radical (unpaired) electrons. The molecular weight excluding hydrogens is 348 g/mol. The average Bonchev–Trinajstić information content (AvgIpc) is 3.06. The number of fused-ring (bicyclic) bond motifs is 1. The highest BCUT2D eigenvalue weighted by Gasteiger charge is 2.22. The number of pyridine rings is 1. The minimum atomic E-state index is -3.55. The zero-order valence-electron chi connectivity index (χ0n) is 15.5. The summed E-state index contributed by atoms with van der Waals surface area (Å²) in [6, 6.07) is 11.7. The number of hydrogen-bond acceptors (Lipinski definition) is 4. The molecule has 2 aromatic heterocycles. The van der Waals surface area contributed by atoms with Crippen LogP contribution in [0.3, 0.4) is 0 Å². The lowest BCUT2D eigenvalue weighted by Gasteiger charge is -2.23. The summed E-state index contributed by atoms with van der Waals surface area (Å²) >= 11 is 0. The van der Waals surface area contributed by atoms with Crippen molar-refractivity contribution in [2.75, 3.05) is 32.1 Å². The quantitative estimate of drug-likeness (QED) is 0.721. The summed E-state index contributed by atoms with van der Waals surface area (Å²) in [4.78, 5) is 10.2. The van der Waals surface area contributed by atoms with Gasteiger partial charge >= 0.3 is 0 Å². The molecular formula is C19H24N4O2S. The van der Waals surface area contributed by atoms with E-state index in [2.05, 4.69) is 28.7 Å². The number of nitrogens with one attached hydrogen (secondary N) is 1. The zero-order valence-corrected chi connectivity index (χ0v) is 16.3. The Kier molecular flexibility index (Phi) is 5.02. The van der Waals surface area contributed by atoms with Crippen LogP contribution < -0.4 is 4.90 Å². The van der Waals surface area contributed by atoms with Crippen molar-refractivity contribution in [3.05, 3.63) is 42.6 Å². The molecule has 3 aromatic rings. The Morgan fingerprint density at radius 3 is 2.38 bits per heavy atom. The monoisotopic (exact) mass is 372 g/mol. The molecule has 26 heavy (non-hydrogen) atoms. The van der Waals surface area contributed by atoms with Gasteiger partial charge in [0.2, 0.25) is 10.0 Å². The van der Waals surface area contributed by atoms with Crippen LogP contribution >= 0.6 is 0 Å². The molecule has 0 fully saturated rings. The molecule has 7 heteroatoms. The first kappa shape index (κ1) is 18.4. The molecule has 0 aliphatic carbocycles. The Hall–Kier alpha value is -2.38. The molecule has 6 nitrogen and oxygen atoms in total. The Labute approximate surface area is 154 Å². The van der Waals surface area contributed by atoms with Gasteiger partial charge in [-0.05, 0) is 32.0 Å². The number of aromatic amines is 1. The van der Waals surface area contributed by atoms with Gasteiger partial charge in [-0.3, -0.25) is 0 Å². The minimum absolute atomic E-state index is 0.187. The molecule has 0 spiro atoms. The van der Waals surface area contributed by atoms with E-state index in [4.69, 9.17) is 0 Å². The van der Waals surface area contributed by atoms with Crippen LogP contribution in [0.5, 0.6) is 0 Å². The molecule has 0 unspecified atom stereocenters. The molecule has 0 amide bonds. The van der Waals surface area contributed by atoms with E-state index in [1.165, 1.54) is 24.6 Å². The molecule has 0 saturated heterocycles. The fraction of sp³-hybridized carbons (Fsp3) is 0.316. The van der Waals surface area contributed by atoms with Gasteiger partial charge < -0.3 is 9.88 Å². The summed E-state index contributed by atoms with van der Waals surface area (Å²) in [5, 5.41) is 1.08. The number of nitrogens with zero attached hydrogens (tertiary/aromatic N) is 3. The van der Waals surface area contributed by atoms with Crippen molar-refractivity contribution in [3.8, 4) is 11.3 Å². The summed E-state index contributed by atoms with van der Waals surface area (Å²) < 4.78 is 26.3. The molecule has 0 aliphatic rings. The fourth-order valence-electron chi connectivity index (χ4n) is 2.98. The van der Waals surface area contributed by atoms with Gasteiger partial charge in [0.1, 0.15) is 10.7 Å². The second kappa shape index (κ2) is 7.09. The first-order valence-electron chi connectivity index (χ1n) is 8.64. The van der Waals surface area contributed by atoms with Gasteiger partial charge in [-0.15, -0.1) is 0 Å². The van der Waals surface area contributed by atoms with Crippen molar-refractivity contribution in [1.82, 2.24) is 14.3 Å². The van der Waals surface area contributed by atoms with E-state index in [0.717, 1.165) is 41.1 Å². The van der Waals surface area contributed by atoms with Gasteiger partial charge in [-0.2, -0.15) is 0 Å². The highest BCUT2D eigenvalue weighted by molar-refractivity contribution is 7.89. The maximum Gasteiger partial charge on any atom is 0.244 e. The zero-order chi connectivity index (χ0) is 18.9. The summed E-state index contributed by atoms with van der Waals surface area (Å²) in [7, 11) is -0.507. The van der Waals surface area contributed by atoms with Crippen molar-refractivity contribution in [3.63, 3.8) is 0 Å². The highest BCUT2D eigenvalue weighted by atomic mass is 32.2. The van der Waals surface area contributed by atoms with Crippen LogP contribution in [0.25, 0.3) is 22.2 Å². The number of H-pyrrole nitrogens is 1. The third-order valence-electron chi connectivity index (χ3n) is 4.50. The normalized spacial score (nSPS) is 12.0. The number of aromatic nitrogens is 2. The molecule has 138 valence electrons. The third-order valence-corrected chi connectivity index (χ3v) is 6.28. The van der Waals surface area contributed by atoms with E-state index >= 15 is 0 Å². The minimum Gasteiger partial charge on any atom is -0.357 e. The molecule has 0 bridgehead atoms. The lowest BCUT2D eigenvalue weighted by atomic mass is 10.1. The van der Waals surface area contributed by atoms with E-state index in [1.54, 1.807) is 6.07 Å². The van der Waals surface area contributed by atoms with Gasteiger partial charge in [0.05, 0.1) is 5.69 Å². The van der Waals surface area contributed by atoms with Crippen LogP contribution in [0.15, 0.2) is 47.5 Å². The third kappa shape index (κ3) is 3.20. The number of sulfonamides is 1. The van der Waals surface area contributed by atoms with E-state index in [1.807, 2.05) is 30.3 Å². The van der Waals surface area contributed by atoms with Crippen molar-refractivity contribution in [2.24, 2.45) is 0 Å². The number of benzene rings is 1. The van der Waals surface area contributed by atoms with E-state index in [0.29, 0.717) is 0 Å². The lowest BCUT2D eigenvalue weighted by Crippen LogP contribution is -2.25. The van der Waals surface area contributed by atoms with Crippen LogP contribution in [-0.4, -0.2) is 49.9 Å². The number of rotatable bonds is 6. The predicted molar refractivity (Wildman–Crippen MR) is 106 cm³/mol. The van der Waals surface area contributed by atoms with Gasteiger partial charge in [0.25, 0.3) is 0 Å². The van der Waals surface area contributed by atoms with Gasteiger partial charge in [-0.25, -0.2) is 17.7 Å². The molecule has 1 aromatic carbocycles. The van der Waals surface area contributed by atoms with Crippen molar-refractivity contribution < 1.29 is 8.42 Å². The molecule has 2 heterocycles. The first-order chi connectivity index (χ1) is 12.4. The van der Waals surface area contributed by atoms with E-state index < -0.39 is 10.0 Å². The standard InChI is InChI=1S/C19H24N4O2S/c1-5-23(6-2)19-16(12-15(13-20-19)26(24,25)22(3)4)18-11-14-9-7-8-10-17(14)21-18/h7-13,21H,5-6H2,1-4H3. The second-order valence-corrected chi connectivity index (χ2v) is 8.42. The van der Waals surface area contributed by atoms with Gasteiger partial charge in [0, 0.05) is 49.8 Å². The SMILES string of the molecule is CCN(CC)c1ncc(S(=O)(=O)N(C)C)cc1-c1cc2ccccc2[nH]1. The number of anilines is 1. The van der Waals surface area contributed by atoms with Gasteiger partial charge in [-0.1, -0.05) is 18.2 Å². The summed E-state index contributed by atoms with van der Waals surface area (Å²) in [5.74, 6) is 0.777. The summed E-state index contributed by atoms with van der Waals surface area (Å²) in [6.07, 6.45) is 1.44. The van der Waals surface area contributed by atoms with Crippen LogP contribution in [0.4, 0.5) is 5.82 Å². The van der Waals surface area contributed by atoms with Crippen LogP contribution in [0.1, 0.15) is 13.8 Å². The molecule has 3 rings (SSSR count). The van der Waals surface area contributed by atoms with E-state index in [-0.39, 0.29) is 4.90 Å². The maximum absolute atomic E-state index is 12.6. The fourth-order valence-corrected chi connectivity index (χ4v) is 3.86. The molecule has 0 atom stereocenters. The Bertz CT molecular complexity index is 988. The summed E-state index contributed by atoms with van der Waals surface area (Å²) in [5.41, 5.74) is 2.65. The van der Waals surface area contributed by atoms with Crippen LogP contribution in [-0.2, 0) is 10.0 Å². The van der Waals surface area contributed by atoms with Crippen LogP contribution in [0, 0.1) is 0 Å².